The van der Waals surface area contributed by atoms with Crippen LogP contribution in [0, 0.1) is 5.92 Å². The van der Waals surface area contributed by atoms with E-state index in [2.05, 4.69) is 5.32 Å². The number of anilines is 1. The molecule has 31 heavy (non-hydrogen) atoms. The molecule has 1 heterocycles. The van der Waals surface area contributed by atoms with E-state index in [-0.39, 0.29) is 23.5 Å². The predicted molar refractivity (Wildman–Crippen MR) is 115 cm³/mol. The minimum atomic E-state index is -4.33. The molecule has 0 radical (unpaired) electrons. The summed E-state index contributed by atoms with van der Waals surface area (Å²) in [7, 11) is -1.45. The number of rotatable bonds is 6. The van der Waals surface area contributed by atoms with Crippen LogP contribution >= 0.6 is 11.6 Å². The van der Waals surface area contributed by atoms with Gasteiger partial charge >= 0.3 is 0 Å². The Hall–Kier alpha value is -2.98. The molecule has 3 rings (SSSR count). The van der Waals surface area contributed by atoms with Crippen molar-refractivity contribution in [2.24, 2.45) is 5.92 Å². The third kappa shape index (κ3) is 4.70. The number of benzene rings is 2. The quantitative estimate of drug-likeness (QED) is 0.615. The third-order valence-electron chi connectivity index (χ3n) is 4.93. The van der Waals surface area contributed by atoms with Gasteiger partial charge in [-0.05, 0) is 48.4 Å². The molecule has 1 aliphatic rings. The molecule has 2 aromatic carbocycles. The topological polar surface area (TPSA) is 128 Å². The summed E-state index contributed by atoms with van der Waals surface area (Å²) in [5.41, 5.74) is 6.54. The van der Waals surface area contributed by atoms with Crippen molar-refractivity contribution in [1.29, 1.82) is 0 Å². The maximum Gasteiger partial charge on any atom is 0.267 e. The molecule has 0 aliphatic carbocycles. The zero-order chi connectivity index (χ0) is 22.8. The zero-order valence-electron chi connectivity index (χ0n) is 16.9. The normalized spacial score (nSPS) is 17.1. The van der Waals surface area contributed by atoms with Crippen LogP contribution in [0.4, 0.5) is 5.69 Å². The summed E-state index contributed by atoms with van der Waals surface area (Å²) < 4.78 is 37.4. The van der Waals surface area contributed by atoms with Crippen LogP contribution in [0.2, 0.25) is 5.02 Å². The lowest BCUT2D eigenvalue weighted by molar-refractivity contribution is -0.131. The van der Waals surface area contributed by atoms with Crippen molar-refractivity contribution in [1.82, 2.24) is 9.62 Å². The van der Waals surface area contributed by atoms with Gasteiger partial charge in [0.25, 0.3) is 10.0 Å². The van der Waals surface area contributed by atoms with E-state index in [1.54, 1.807) is 18.2 Å². The highest BCUT2D eigenvalue weighted by Crippen LogP contribution is 2.29. The molecule has 9 nitrogen and oxygen atoms in total. The highest BCUT2D eigenvalue weighted by Gasteiger charge is 2.38. The Morgan fingerprint density at radius 1 is 1.13 bits per heavy atom. The number of nitrogens with one attached hydrogen (secondary N) is 1. The summed E-state index contributed by atoms with van der Waals surface area (Å²) >= 11 is 6.07. The molecular formula is C20H22ClN3O6S. The number of methoxy groups -OCH3 is 2. The van der Waals surface area contributed by atoms with Gasteiger partial charge in [-0.15, -0.1) is 0 Å². The van der Waals surface area contributed by atoms with Crippen molar-refractivity contribution in [3.05, 3.63) is 47.0 Å². The van der Waals surface area contributed by atoms with E-state index in [0.29, 0.717) is 26.4 Å². The van der Waals surface area contributed by atoms with E-state index >= 15 is 0 Å². The predicted octanol–water partition coefficient (Wildman–Crippen LogP) is 1.45. The van der Waals surface area contributed by atoms with Gasteiger partial charge in [0.2, 0.25) is 11.8 Å². The van der Waals surface area contributed by atoms with Crippen molar-refractivity contribution in [3.8, 4) is 11.5 Å². The number of amides is 2. The molecule has 11 heteroatoms. The number of ether oxygens (including phenoxy) is 2. The smallest absolute Gasteiger partial charge is 0.267 e. The van der Waals surface area contributed by atoms with Crippen LogP contribution in [0.1, 0.15) is 5.56 Å². The Kier molecular flexibility index (Phi) is 6.61. The number of nitrogen functional groups attached to an aromatic ring is 1. The fourth-order valence-corrected chi connectivity index (χ4v) is 4.97. The van der Waals surface area contributed by atoms with Crippen LogP contribution in [0.15, 0.2) is 41.3 Å². The van der Waals surface area contributed by atoms with Gasteiger partial charge in [-0.3, -0.25) is 9.59 Å². The molecule has 3 N–H and O–H groups in total. The molecule has 0 aromatic heterocycles. The molecule has 1 unspecified atom stereocenters. The molecule has 1 saturated heterocycles. The average molecular weight is 468 g/mol. The van der Waals surface area contributed by atoms with E-state index in [1.807, 2.05) is 0 Å². The number of sulfonamides is 1. The fraction of sp³-hybridized carbons (Fsp3) is 0.300. The van der Waals surface area contributed by atoms with Gasteiger partial charge in [-0.2, -0.15) is 0 Å². The number of carbonyl (C=O) groups excluding carboxylic acids is 2. The summed E-state index contributed by atoms with van der Waals surface area (Å²) in [4.78, 5) is 25.2. The van der Waals surface area contributed by atoms with E-state index in [0.717, 1.165) is 0 Å². The van der Waals surface area contributed by atoms with Crippen LogP contribution in [-0.4, -0.2) is 51.8 Å². The van der Waals surface area contributed by atoms with Gasteiger partial charge in [0.05, 0.1) is 30.7 Å². The summed E-state index contributed by atoms with van der Waals surface area (Å²) in [6.07, 6.45) is 0.125. The number of nitrogens with zero attached hydrogens (tertiary/aromatic N) is 1. The molecular weight excluding hydrogens is 446 g/mol. The fourth-order valence-electron chi connectivity index (χ4n) is 3.33. The standard InChI is InChI=1S/C20H22ClN3O6S/c1-29-17-5-3-14(21)8-12(17)7-13-10-23-19(25)11-24(20(13)26)31(27,28)15-4-6-18(30-2)16(22)9-15/h3-6,8-9,13H,7,10-11,22H2,1-2H3,(H,23,25). The van der Waals surface area contributed by atoms with Gasteiger partial charge in [0.15, 0.2) is 0 Å². The molecule has 1 atom stereocenters. The van der Waals surface area contributed by atoms with Crippen molar-refractivity contribution in [2.75, 3.05) is 33.0 Å². The third-order valence-corrected chi connectivity index (χ3v) is 6.90. The average Bonchev–Trinajstić information content (AvgIpc) is 2.87. The van der Waals surface area contributed by atoms with E-state index in [9.17, 15) is 18.0 Å². The number of nitrogens with two attached hydrogens (primary N) is 1. The molecule has 0 bridgehead atoms. The molecule has 2 aromatic rings. The monoisotopic (exact) mass is 467 g/mol. The first-order chi connectivity index (χ1) is 14.7. The molecule has 0 saturated carbocycles. The molecule has 1 aliphatic heterocycles. The lowest BCUT2D eigenvalue weighted by Gasteiger charge is -2.23. The first-order valence-electron chi connectivity index (χ1n) is 9.26. The molecule has 0 spiro atoms. The number of hydrogen-bond donors (Lipinski definition) is 2. The summed E-state index contributed by atoms with van der Waals surface area (Å²) in [6.45, 7) is -0.652. The maximum absolute atomic E-state index is 13.2. The van der Waals surface area contributed by atoms with E-state index < -0.39 is 34.3 Å². The van der Waals surface area contributed by atoms with Crippen molar-refractivity contribution < 1.29 is 27.5 Å². The first kappa shape index (κ1) is 22.7. The van der Waals surface area contributed by atoms with Gasteiger partial charge in [-0.25, -0.2) is 12.7 Å². The number of halogens is 1. The van der Waals surface area contributed by atoms with Crippen molar-refractivity contribution >= 4 is 39.1 Å². The Bertz CT molecular complexity index is 1120. The van der Waals surface area contributed by atoms with Crippen LogP contribution in [0.25, 0.3) is 0 Å². The SMILES string of the molecule is COc1ccc(S(=O)(=O)N2CC(=O)NCC(Cc3cc(Cl)ccc3OC)C2=O)cc1N. The number of hydrogen-bond acceptors (Lipinski definition) is 7. The Balaban J connectivity index is 1.97. The molecule has 1 fully saturated rings. The lowest BCUT2D eigenvalue weighted by atomic mass is 9.98. The maximum atomic E-state index is 13.2. The minimum Gasteiger partial charge on any atom is -0.496 e. The second-order valence-corrected chi connectivity index (χ2v) is 9.21. The van der Waals surface area contributed by atoms with Gasteiger partial charge in [0, 0.05) is 11.6 Å². The lowest BCUT2D eigenvalue weighted by Crippen LogP contribution is -2.42. The van der Waals surface area contributed by atoms with Gasteiger partial charge in [-0.1, -0.05) is 11.6 Å². The Labute approximate surface area is 185 Å². The molecule has 2 amide bonds. The van der Waals surface area contributed by atoms with Gasteiger partial charge < -0.3 is 20.5 Å². The minimum absolute atomic E-state index is 0.0237. The zero-order valence-corrected chi connectivity index (χ0v) is 18.5. The summed E-state index contributed by atoms with van der Waals surface area (Å²) in [5.74, 6) is -1.34. The molecule has 166 valence electrons. The second kappa shape index (κ2) is 9.03. The Morgan fingerprint density at radius 2 is 1.81 bits per heavy atom. The van der Waals surface area contributed by atoms with Crippen molar-refractivity contribution in [2.45, 2.75) is 11.3 Å². The Morgan fingerprint density at radius 3 is 2.45 bits per heavy atom. The number of carbonyl (C=O) groups is 2. The highest BCUT2D eigenvalue weighted by atomic mass is 35.5. The van der Waals surface area contributed by atoms with E-state index in [4.69, 9.17) is 26.8 Å². The first-order valence-corrected chi connectivity index (χ1v) is 11.1. The van der Waals surface area contributed by atoms with Crippen LogP contribution < -0.4 is 20.5 Å². The summed E-state index contributed by atoms with van der Waals surface area (Å²) in [5, 5.41) is 3.04. The highest BCUT2D eigenvalue weighted by molar-refractivity contribution is 7.89. The van der Waals surface area contributed by atoms with Crippen molar-refractivity contribution in [3.63, 3.8) is 0 Å². The largest absolute Gasteiger partial charge is 0.496 e. The van der Waals surface area contributed by atoms with Crippen LogP contribution in [-0.2, 0) is 26.0 Å². The van der Waals surface area contributed by atoms with Crippen LogP contribution in [0.3, 0.4) is 0 Å². The van der Waals surface area contributed by atoms with E-state index in [1.165, 1.54) is 32.4 Å². The summed E-state index contributed by atoms with van der Waals surface area (Å²) in [6, 6.07) is 8.80. The second-order valence-electron chi connectivity index (χ2n) is 6.91. The van der Waals surface area contributed by atoms with Gasteiger partial charge in [0.1, 0.15) is 18.0 Å². The van der Waals surface area contributed by atoms with Crippen LogP contribution in [0.5, 0.6) is 11.5 Å².